The second kappa shape index (κ2) is 5.78. The van der Waals surface area contributed by atoms with E-state index in [1.54, 1.807) is 4.90 Å². The van der Waals surface area contributed by atoms with Gasteiger partial charge < -0.3 is 9.80 Å². The highest BCUT2D eigenvalue weighted by molar-refractivity contribution is 5.92. The Morgan fingerprint density at radius 2 is 1.71 bits per heavy atom. The number of benzene rings is 1. The summed E-state index contributed by atoms with van der Waals surface area (Å²) in [5, 5.41) is 6.08. The second-order valence-corrected chi connectivity index (χ2v) is 4.92. The van der Waals surface area contributed by atoms with Crippen LogP contribution in [0.15, 0.2) is 47.3 Å². The molecule has 1 aromatic carbocycles. The standard InChI is InChI=1S/C15H16N4O2/c20-14-7-6-13(16-17-14)15(21)19-10-8-18(9-11-19)12-4-2-1-3-5-12/h1-7H,8-11H2,(H,17,20). The van der Waals surface area contributed by atoms with Crippen molar-refractivity contribution in [3.8, 4) is 0 Å². The minimum absolute atomic E-state index is 0.140. The van der Waals surface area contributed by atoms with Crippen molar-refractivity contribution in [2.75, 3.05) is 31.1 Å². The normalized spacial score (nSPS) is 15.0. The molecule has 0 spiro atoms. The number of aromatic nitrogens is 2. The van der Waals surface area contributed by atoms with Crippen LogP contribution in [0.1, 0.15) is 10.5 Å². The van der Waals surface area contributed by atoms with Gasteiger partial charge in [-0.3, -0.25) is 9.59 Å². The fourth-order valence-corrected chi connectivity index (χ4v) is 2.43. The summed E-state index contributed by atoms with van der Waals surface area (Å²) < 4.78 is 0. The Kier molecular flexibility index (Phi) is 3.68. The molecule has 6 nitrogen and oxygen atoms in total. The molecule has 6 heteroatoms. The van der Waals surface area contributed by atoms with Gasteiger partial charge in [-0.1, -0.05) is 18.2 Å². The van der Waals surface area contributed by atoms with E-state index in [1.807, 2.05) is 18.2 Å². The van der Waals surface area contributed by atoms with E-state index >= 15 is 0 Å². The van der Waals surface area contributed by atoms with E-state index in [0.717, 1.165) is 13.1 Å². The molecule has 108 valence electrons. The molecule has 0 radical (unpaired) electrons. The number of para-hydroxylation sites is 1. The molecule has 1 aliphatic heterocycles. The highest BCUT2D eigenvalue weighted by atomic mass is 16.2. The zero-order valence-electron chi connectivity index (χ0n) is 11.5. The molecule has 1 amide bonds. The van der Waals surface area contributed by atoms with Gasteiger partial charge in [0.25, 0.3) is 11.5 Å². The quantitative estimate of drug-likeness (QED) is 0.883. The van der Waals surface area contributed by atoms with E-state index in [1.165, 1.54) is 17.8 Å². The minimum Gasteiger partial charge on any atom is -0.368 e. The predicted octanol–water partition coefficient (Wildman–Crippen LogP) is 0.732. The number of hydrogen-bond donors (Lipinski definition) is 1. The lowest BCUT2D eigenvalue weighted by Crippen LogP contribution is -2.49. The molecule has 1 aliphatic rings. The molecule has 3 rings (SSSR count). The molecule has 2 aromatic rings. The maximum Gasteiger partial charge on any atom is 0.274 e. The number of carbonyl (C=O) groups excluding carboxylic acids is 1. The summed E-state index contributed by atoms with van der Waals surface area (Å²) in [5.74, 6) is -0.140. The smallest absolute Gasteiger partial charge is 0.274 e. The second-order valence-electron chi connectivity index (χ2n) is 4.92. The molecule has 1 fully saturated rings. The van der Waals surface area contributed by atoms with Gasteiger partial charge in [0.1, 0.15) is 5.69 Å². The van der Waals surface area contributed by atoms with Crippen molar-refractivity contribution in [2.24, 2.45) is 0 Å². The monoisotopic (exact) mass is 284 g/mol. The summed E-state index contributed by atoms with van der Waals surface area (Å²) in [4.78, 5) is 27.3. The highest BCUT2D eigenvalue weighted by Gasteiger charge is 2.23. The molecule has 1 aromatic heterocycles. The lowest BCUT2D eigenvalue weighted by atomic mass is 10.2. The van der Waals surface area contributed by atoms with Crippen molar-refractivity contribution in [1.29, 1.82) is 0 Å². The van der Waals surface area contributed by atoms with Gasteiger partial charge in [-0.05, 0) is 18.2 Å². The number of amides is 1. The average molecular weight is 284 g/mol. The number of rotatable bonds is 2. The lowest BCUT2D eigenvalue weighted by molar-refractivity contribution is 0.0739. The fourth-order valence-electron chi connectivity index (χ4n) is 2.43. The highest BCUT2D eigenvalue weighted by Crippen LogP contribution is 2.16. The number of piperazine rings is 1. The van der Waals surface area contributed by atoms with Crippen LogP contribution in [0, 0.1) is 0 Å². The third kappa shape index (κ3) is 2.94. The molecule has 21 heavy (non-hydrogen) atoms. The Bertz CT molecular complexity index is 655. The van der Waals surface area contributed by atoms with Gasteiger partial charge in [-0.25, -0.2) is 5.10 Å². The van der Waals surface area contributed by atoms with E-state index in [9.17, 15) is 9.59 Å². The SMILES string of the molecule is O=C(c1ccc(=O)[nH]n1)N1CCN(c2ccccc2)CC1. The molecular weight excluding hydrogens is 268 g/mol. The van der Waals surface area contributed by atoms with Crippen molar-refractivity contribution in [2.45, 2.75) is 0 Å². The van der Waals surface area contributed by atoms with Crippen LogP contribution in [0.2, 0.25) is 0 Å². The molecule has 0 atom stereocenters. The Labute approximate surface area is 122 Å². The van der Waals surface area contributed by atoms with Gasteiger partial charge in [-0.15, -0.1) is 0 Å². The largest absolute Gasteiger partial charge is 0.368 e. The number of nitrogens with zero attached hydrogens (tertiary/aromatic N) is 3. The molecule has 0 saturated carbocycles. The number of anilines is 1. The van der Waals surface area contributed by atoms with Gasteiger partial charge in [0.05, 0.1) is 0 Å². The number of H-pyrrole nitrogens is 1. The molecular formula is C15H16N4O2. The van der Waals surface area contributed by atoms with Gasteiger partial charge in [0.15, 0.2) is 0 Å². The van der Waals surface area contributed by atoms with Crippen LogP contribution in [-0.4, -0.2) is 47.2 Å². The number of carbonyl (C=O) groups is 1. The van der Waals surface area contributed by atoms with Crippen molar-refractivity contribution < 1.29 is 4.79 Å². The van der Waals surface area contributed by atoms with Gasteiger partial charge in [0, 0.05) is 37.9 Å². The van der Waals surface area contributed by atoms with Gasteiger partial charge >= 0.3 is 0 Å². The van der Waals surface area contributed by atoms with Crippen molar-refractivity contribution in [3.05, 3.63) is 58.5 Å². The summed E-state index contributed by atoms with van der Waals surface area (Å²) in [6, 6.07) is 12.9. The van der Waals surface area contributed by atoms with Crippen LogP contribution >= 0.6 is 0 Å². The summed E-state index contributed by atoms with van der Waals surface area (Å²) in [6.45, 7) is 2.88. The molecule has 2 heterocycles. The Balaban J connectivity index is 1.64. The number of nitrogens with one attached hydrogen (secondary N) is 1. The van der Waals surface area contributed by atoms with E-state index in [-0.39, 0.29) is 17.2 Å². The first kappa shape index (κ1) is 13.4. The van der Waals surface area contributed by atoms with E-state index < -0.39 is 0 Å². The van der Waals surface area contributed by atoms with Crippen molar-refractivity contribution in [1.82, 2.24) is 15.1 Å². The first-order chi connectivity index (χ1) is 10.2. The summed E-state index contributed by atoms with van der Waals surface area (Å²) >= 11 is 0. The van der Waals surface area contributed by atoms with E-state index in [0.29, 0.717) is 13.1 Å². The van der Waals surface area contributed by atoms with Crippen LogP contribution < -0.4 is 10.5 Å². The Morgan fingerprint density at radius 1 is 1.00 bits per heavy atom. The van der Waals surface area contributed by atoms with Crippen LogP contribution in [0.4, 0.5) is 5.69 Å². The topological polar surface area (TPSA) is 69.3 Å². The van der Waals surface area contributed by atoms with Crippen LogP contribution in [-0.2, 0) is 0 Å². The lowest BCUT2D eigenvalue weighted by Gasteiger charge is -2.35. The van der Waals surface area contributed by atoms with Crippen LogP contribution in [0.25, 0.3) is 0 Å². The van der Waals surface area contributed by atoms with Crippen molar-refractivity contribution >= 4 is 11.6 Å². The zero-order valence-corrected chi connectivity index (χ0v) is 11.5. The summed E-state index contributed by atoms with van der Waals surface area (Å²) in [6.07, 6.45) is 0. The van der Waals surface area contributed by atoms with Crippen LogP contribution in [0.3, 0.4) is 0 Å². The maximum atomic E-state index is 12.3. The molecule has 0 unspecified atom stereocenters. The molecule has 0 bridgehead atoms. The molecule has 0 aliphatic carbocycles. The molecule has 1 N–H and O–H groups in total. The van der Waals surface area contributed by atoms with E-state index in [4.69, 9.17) is 0 Å². The Hall–Kier alpha value is -2.63. The van der Waals surface area contributed by atoms with E-state index in [2.05, 4.69) is 27.2 Å². The van der Waals surface area contributed by atoms with Gasteiger partial charge in [0.2, 0.25) is 0 Å². The zero-order chi connectivity index (χ0) is 14.7. The van der Waals surface area contributed by atoms with Crippen LogP contribution in [0.5, 0.6) is 0 Å². The predicted molar refractivity (Wildman–Crippen MR) is 79.4 cm³/mol. The van der Waals surface area contributed by atoms with Gasteiger partial charge in [-0.2, -0.15) is 5.10 Å². The summed E-state index contributed by atoms with van der Waals surface area (Å²) in [5.41, 5.74) is 1.15. The first-order valence-electron chi connectivity index (χ1n) is 6.89. The number of hydrogen-bond acceptors (Lipinski definition) is 4. The first-order valence-corrected chi connectivity index (χ1v) is 6.89. The fraction of sp³-hybridized carbons (Fsp3) is 0.267. The Morgan fingerprint density at radius 3 is 2.33 bits per heavy atom. The third-order valence-electron chi connectivity index (χ3n) is 3.59. The maximum absolute atomic E-state index is 12.3. The minimum atomic E-state index is -0.305. The number of aromatic amines is 1. The average Bonchev–Trinajstić information content (AvgIpc) is 2.56. The third-order valence-corrected chi connectivity index (χ3v) is 3.59. The molecule has 1 saturated heterocycles. The van der Waals surface area contributed by atoms with Crippen molar-refractivity contribution in [3.63, 3.8) is 0 Å². The summed E-state index contributed by atoms with van der Waals surface area (Å²) in [7, 11) is 0.